The highest BCUT2D eigenvalue weighted by molar-refractivity contribution is 4.97. The summed E-state index contributed by atoms with van der Waals surface area (Å²) in [5, 5.41) is 0. The summed E-state index contributed by atoms with van der Waals surface area (Å²) in [7, 11) is 2.20. The fourth-order valence-corrected chi connectivity index (χ4v) is 2.36. The molecule has 72 valence electrons. The predicted octanol–water partition coefficient (Wildman–Crippen LogP) is 1.60. The van der Waals surface area contributed by atoms with Crippen molar-refractivity contribution < 1.29 is 0 Å². The highest BCUT2D eigenvalue weighted by atomic mass is 15.2. The predicted molar refractivity (Wildman–Crippen MR) is 53.2 cm³/mol. The van der Waals surface area contributed by atoms with Crippen molar-refractivity contribution in [3.8, 4) is 0 Å². The van der Waals surface area contributed by atoms with Gasteiger partial charge in [0.1, 0.15) is 0 Å². The largest absolute Gasteiger partial charge is 0.324 e. The van der Waals surface area contributed by atoms with Crippen LogP contribution in [0.3, 0.4) is 0 Å². The van der Waals surface area contributed by atoms with Gasteiger partial charge in [-0.25, -0.2) is 0 Å². The van der Waals surface area contributed by atoms with Crippen LogP contribution in [0, 0.1) is 0 Å². The molecule has 0 aromatic carbocycles. The van der Waals surface area contributed by atoms with Crippen LogP contribution >= 0.6 is 0 Å². The van der Waals surface area contributed by atoms with E-state index in [0.717, 1.165) is 12.8 Å². The van der Waals surface area contributed by atoms with Crippen LogP contribution in [0.2, 0.25) is 0 Å². The Morgan fingerprint density at radius 2 is 2.00 bits per heavy atom. The average Bonchev–Trinajstić information content (AvgIpc) is 2.51. The Morgan fingerprint density at radius 3 is 2.33 bits per heavy atom. The standard InChI is InChI=1S/C10H22N2/c1-4-10(11,5-2)9-7-6-8-12(9)3/h9H,4-8,11H2,1-3H3. The second kappa shape index (κ2) is 3.75. The average molecular weight is 170 g/mol. The van der Waals surface area contributed by atoms with Crippen molar-refractivity contribution in [1.82, 2.24) is 4.90 Å². The smallest absolute Gasteiger partial charge is 0.0306 e. The second-order valence-corrected chi connectivity index (χ2v) is 4.08. The molecule has 2 heteroatoms. The first-order valence-corrected chi connectivity index (χ1v) is 5.13. The summed E-state index contributed by atoms with van der Waals surface area (Å²) in [4.78, 5) is 2.42. The van der Waals surface area contributed by atoms with Gasteiger partial charge in [0.25, 0.3) is 0 Å². The number of likely N-dealkylation sites (tertiary alicyclic amines) is 1. The van der Waals surface area contributed by atoms with Crippen LogP contribution in [0.1, 0.15) is 39.5 Å². The lowest BCUT2D eigenvalue weighted by Crippen LogP contribution is -2.54. The van der Waals surface area contributed by atoms with E-state index in [-0.39, 0.29) is 5.54 Å². The van der Waals surface area contributed by atoms with Crippen LogP contribution in [-0.4, -0.2) is 30.1 Å². The van der Waals surface area contributed by atoms with Gasteiger partial charge in [-0.05, 0) is 39.3 Å². The summed E-state index contributed by atoms with van der Waals surface area (Å²) in [5.74, 6) is 0. The summed E-state index contributed by atoms with van der Waals surface area (Å²) >= 11 is 0. The van der Waals surface area contributed by atoms with E-state index >= 15 is 0 Å². The van der Waals surface area contributed by atoms with Crippen LogP contribution in [0.4, 0.5) is 0 Å². The van der Waals surface area contributed by atoms with E-state index in [2.05, 4.69) is 25.8 Å². The zero-order chi connectivity index (χ0) is 9.19. The lowest BCUT2D eigenvalue weighted by atomic mass is 9.84. The van der Waals surface area contributed by atoms with Crippen molar-refractivity contribution in [3.63, 3.8) is 0 Å². The maximum absolute atomic E-state index is 6.35. The number of likely N-dealkylation sites (N-methyl/N-ethyl adjacent to an activating group) is 1. The fraction of sp³-hybridized carbons (Fsp3) is 1.00. The number of hydrogen-bond donors (Lipinski definition) is 1. The van der Waals surface area contributed by atoms with E-state index in [0.29, 0.717) is 6.04 Å². The minimum absolute atomic E-state index is 0.0608. The molecule has 0 aromatic heterocycles. The molecule has 0 saturated carbocycles. The molecule has 2 N–H and O–H groups in total. The number of rotatable bonds is 3. The Bertz CT molecular complexity index is 141. The van der Waals surface area contributed by atoms with E-state index in [1.54, 1.807) is 0 Å². The minimum atomic E-state index is 0.0608. The van der Waals surface area contributed by atoms with Gasteiger partial charge in [-0.3, -0.25) is 0 Å². The Kier molecular flexibility index (Phi) is 3.13. The van der Waals surface area contributed by atoms with Crippen LogP contribution in [-0.2, 0) is 0 Å². The Morgan fingerprint density at radius 1 is 1.42 bits per heavy atom. The molecule has 12 heavy (non-hydrogen) atoms. The molecule has 1 unspecified atom stereocenters. The van der Waals surface area contributed by atoms with E-state index in [1.165, 1.54) is 19.4 Å². The topological polar surface area (TPSA) is 29.3 Å². The van der Waals surface area contributed by atoms with Crippen LogP contribution in [0.25, 0.3) is 0 Å². The van der Waals surface area contributed by atoms with E-state index in [4.69, 9.17) is 5.73 Å². The number of nitrogens with two attached hydrogens (primary N) is 1. The molecule has 1 fully saturated rings. The molecule has 2 nitrogen and oxygen atoms in total. The fourth-order valence-electron chi connectivity index (χ4n) is 2.36. The first kappa shape index (κ1) is 10.0. The Labute approximate surface area is 76.1 Å². The highest BCUT2D eigenvalue weighted by Gasteiger charge is 2.36. The summed E-state index contributed by atoms with van der Waals surface area (Å²) in [5.41, 5.74) is 6.41. The monoisotopic (exact) mass is 170 g/mol. The van der Waals surface area contributed by atoms with Gasteiger partial charge in [-0.15, -0.1) is 0 Å². The lowest BCUT2D eigenvalue weighted by molar-refractivity contribution is 0.181. The normalized spacial score (nSPS) is 26.5. The van der Waals surface area contributed by atoms with Crippen molar-refractivity contribution in [1.29, 1.82) is 0 Å². The summed E-state index contributed by atoms with van der Waals surface area (Å²) < 4.78 is 0. The van der Waals surface area contributed by atoms with Crippen LogP contribution < -0.4 is 5.73 Å². The number of nitrogens with zero attached hydrogens (tertiary/aromatic N) is 1. The van der Waals surface area contributed by atoms with Gasteiger partial charge in [-0.2, -0.15) is 0 Å². The maximum Gasteiger partial charge on any atom is 0.0306 e. The van der Waals surface area contributed by atoms with Crippen molar-refractivity contribution in [2.24, 2.45) is 5.73 Å². The molecule has 0 spiro atoms. The van der Waals surface area contributed by atoms with Crippen LogP contribution in [0.15, 0.2) is 0 Å². The Balaban J connectivity index is 2.64. The molecule has 0 amide bonds. The van der Waals surface area contributed by atoms with Gasteiger partial charge >= 0.3 is 0 Å². The maximum atomic E-state index is 6.35. The van der Waals surface area contributed by atoms with Crippen molar-refractivity contribution >= 4 is 0 Å². The molecule has 0 aromatic rings. The molecule has 1 atom stereocenters. The first-order valence-electron chi connectivity index (χ1n) is 5.13. The quantitative estimate of drug-likeness (QED) is 0.697. The summed E-state index contributed by atoms with van der Waals surface area (Å²) in [6.07, 6.45) is 4.80. The number of hydrogen-bond acceptors (Lipinski definition) is 2. The second-order valence-electron chi connectivity index (χ2n) is 4.08. The van der Waals surface area contributed by atoms with Crippen LogP contribution in [0.5, 0.6) is 0 Å². The molecule has 0 bridgehead atoms. The molecule has 1 heterocycles. The van der Waals surface area contributed by atoms with Crippen molar-refractivity contribution in [2.75, 3.05) is 13.6 Å². The molecule has 1 saturated heterocycles. The SMILES string of the molecule is CCC(N)(CC)C1CCCN1C. The third-order valence-corrected chi connectivity index (χ3v) is 3.50. The molecular weight excluding hydrogens is 148 g/mol. The minimum Gasteiger partial charge on any atom is -0.324 e. The summed E-state index contributed by atoms with van der Waals surface area (Å²) in [6, 6.07) is 0.618. The highest BCUT2D eigenvalue weighted by Crippen LogP contribution is 2.28. The molecular formula is C10H22N2. The molecule has 0 radical (unpaired) electrons. The van der Waals surface area contributed by atoms with Crippen molar-refractivity contribution in [3.05, 3.63) is 0 Å². The van der Waals surface area contributed by atoms with E-state index < -0.39 is 0 Å². The molecule has 1 aliphatic heterocycles. The van der Waals surface area contributed by atoms with Crippen molar-refractivity contribution in [2.45, 2.75) is 51.1 Å². The van der Waals surface area contributed by atoms with Gasteiger partial charge in [0, 0.05) is 11.6 Å². The van der Waals surface area contributed by atoms with Gasteiger partial charge in [-0.1, -0.05) is 13.8 Å². The third-order valence-electron chi connectivity index (χ3n) is 3.50. The van der Waals surface area contributed by atoms with E-state index in [1.807, 2.05) is 0 Å². The molecule has 1 aliphatic rings. The van der Waals surface area contributed by atoms with Gasteiger partial charge in [0.05, 0.1) is 0 Å². The lowest BCUT2D eigenvalue weighted by Gasteiger charge is -2.37. The zero-order valence-electron chi connectivity index (χ0n) is 8.64. The first-order chi connectivity index (χ1) is 5.64. The summed E-state index contributed by atoms with van der Waals surface area (Å²) in [6.45, 7) is 5.63. The molecule has 0 aliphatic carbocycles. The van der Waals surface area contributed by atoms with E-state index in [9.17, 15) is 0 Å². The van der Waals surface area contributed by atoms with Gasteiger partial charge < -0.3 is 10.6 Å². The third kappa shape index (κ3) is 1.64. The van der Waals surface area contributed by atoms with Gasteiger partial charge in [0.2, 0.25) is 0 Å². The Hall–Kier alpha value is -0.0800. The molecule has 1 rings (SSSR count). The van der Waals surface area contributed by atoms with Gasteiger partial charge in [0.15, 0.2) is 0 Å². The zero-order valence-corrected chi connectivity index (χ0v) is 8.64.